The Hall–Kier alpha value is -2.50. The van der Waals surface area contributed by atoms with E-state index in [2.05, 4.69) is 14.9 Å². The van der Waals surface area contributed by atoms with Gasteiger partial charge in [-0.05, 0) is 38.3 Å². The molecule has 1 saturated heterocycles. The lowest BCUT2D eigenvalue weighted by Crippen LogP contribution is -2.39. The minimum atomic E-state index is -0.243. The molecule has 6 heteroatoms. The van der Waals surface area contributed by atoms with Gasteiger partial charge in [0.1, 0.15) is 17.5 Å². The van der Waals surface area contributed by atoms with E-state index in [0.29, 0.717) is 17.1 Å². The molecule has 5 nitrogen and oxygen atoms in total. The van der Waals surface area contributed by atoms with Crippen LogP contribution in [0.25, 0.3) is 11.3 Å². The van der Waals surface area contributed by atoms with E-state index in [0.717, 1.165) is 37.3 Å². The molecule has 1 aliphatic heterocycles. The van der Waals surface area contributed by atoms with Crippen LogP contribution < -0.4 is 10.6 Å². The third kappa shape index (κ3) is 3.37. The first-order valence-corrected chi connectivity index (χ1v) is 8.10. The van der Waals surface area contributed by atoms with E-state index in [-0.39, 0.29) is 17.6 Å². The number of hydrogen-bond acceptors (Lipinski definition) is 4. The highest BCUT2D eigenvalue weighted by molar-refractivity contribution is 5.77. The Morgan fingerprint density at radius 3 is 2.54 bits per heavy atom. The summed E-state index contributed by atoms with van der Waals surface area (Å²) in [6.45, 7) is 5.02. The van der Waals surface area contributed by atoms with Gasteiger partial charge in [0.2, 0.25) is 5.91 Å². The number of piperidine rings is 1. The van der Waals surface area contributed by atoms with Crippen molar-refractivity contribution in [3.63, 3.8) is 0 Å². The molecule has 3 rings (SSSR count). The summed E-state index contributed by atoms with van der Waals surface area (Å²) in [5, 5.41) is 0. The third-order valence-corrected chi connectivity index (χ3v) is 4.51. The first kappa shape index (κ1) is 16.4. The lowest BCUT2D eigenvalue weighted by atomic mass is 9.96. The molecule has 126 valence electrons. The van der Waals surface area contributed by atoms with Gasteiger partial charge in [-0.25, -0.2) is 14.4 Å². The van der Waals surface area contributed by atoms with Crippen molar-refractivity contribution in [1.82, 2.24) is 9.97 Å². The summed E-state index contributed by atoms with van der Waals surface area (Å²) in [5.74, 6) is 0.911. The second-order valence-corrected chi connectivity index (χ2v) is 6.29. The molecule has 1 aliphatic rings. The quantitative estimate of drug-likeness (QED) is 0.940. The van der Waals surface area contributed by atoms with Crippen LogP contribution >= 0.6 is 0 Å². The largest absolute Gasteiger partial charge is 0.369 e. The SMILES string of the molecule is Cc1nc(-c2ccc(C)c(F)c2)cc(N2CCC(C(N)=O)CC2)n1. The number of amides is 1. The van der Waals surface area contributed by atoms with E-state index in [1.807, 2.05) is 19.1 Å². The van der Waals surface area contributed by atoms with Crippen molar-refractivity contribution in [2.45, 2.75) is 26.7 Å². The Bertz CT molecular complexity index is 770. The van der Waals surface area contributed by atoms with Gasteiger partial charge in [0.25, 0.3) is 0 Å². The third-order valence-electron chi connectivity index (χ3n) is 4.51. The van der Waals surface area contributed by atoms with Crippen molar-refractivity contribution in [1.29, 1.82) is 0 Å². The smallest absolute Gasteiger partial charge is 0.220 e. The normalized spacial score (nSPS) is 15.5. The Kier molecular flexibility index (Phi) is 4.46. The molecule has 0 aliphatic carbocycles. The molecule has 1 amide bonds. The second-order valence-electron chi connectivity index (χ2n) is 6.29. The molecule has 24 heavy (non-hydrogen) atoms. The van der Waals surface area contributed by atoms with Crippen LogP contribution in [0.1, 0.15) is 24.2 Å². The summed E-state index contributed by atoms with van der Waals surface area (Å²) in [4.78, 5) is 22.4. The van der Waals surface area contributed by atoms with Crippen molar-refractivity contribution in [2.75, 3.05) is 18.0 Å². The molecule has 0 radical (unpaired) electrons. The number of halogens is 1. The van der Waals surface area contributed by atoms with Gasteiger partial charge in [0, 0.05) is 30.6 Å². The monoisotopic (exact) mass is 328 g/mol. The molecular weight excluding hydrogens is 307 g/mol. The number of aryl methyl sites for hydroxylation is 2. The predicted molar refractivity (Wildman–Crippen MR) is 91.0 cm³/mol. The van der Waals surface area contributed by atoms with Crippen molar-refractivity contribution in [2.24, 2.45) is 11.7 Å². The highest BCUT2D eigenvalue weighted by Crippen LogP contribution is 2.26. The number of rotatable bonds is 3. The Morgan fingerprint density at radius 2 is 1.92 bits per heavy atom. The molecule has 0 atom stereocenters. The molecule has 2 N–H and O–H groups in total. The average molecular weight is 328 g/mol. The van der Waals surface area contributed by atoms with Crippen molar-refractivity contribution >= 4 is 11.7 Å². The average Bonchev–Trinajstić information content (AvgIpc) is 2.57. The zero-order valence-electron chi connectivity index (χ0n) is 13.9. The van der Waals surface area contributed by atoms with E-state index < -0.39 is 0 Å². The molecule has 0 spiro atoms. The first-order chi connectivity index (χ1) is 11.4. The summed E-state index contributed by atoms with van der Waals surface area (Å²) < 4.78 is 13.8. The van der Waals surface area contributed by atoms with Crippen LogP contribution in [0.4, 0.5) is 10.2 Å². The summed E-state index contributed by atoms with van der Waals surface area (Å²) >= 11 is 0. The highest BCUT2D eigenvalue weighted by Gasteiger charge is 2.24. The number of hydrogen-bond donors (Lipinski definition) is 1. The molecule has 2 heterocycles. The molecular formula is C18H21FN4O. The predicted octanol–water partition coefficient (Wildman–Crippen LogP) is 2.60. The maximum atomic E-state index is 13.8. The van der Waals surface area contributed by atoms with Gasteiger partial charge in [-0.3, -0.25) is 4.79 Å². The van der Waals surface area contributed by atoms with Crippen molar-refractivity contribution in [3.05, 3.63) is 41.5 Å². The lowest BCUT2D eigenvalue weighted by molar-refractivity contribution is -0.122. The molecule has 0 unspecified atom stereocenters. The number of benzene rings is 1. The fourth-order valence-electron chi connectivity index (χ4n) is 3.01. The number of nitrogens with two attached hydrogens (primary N) is 1. The van der Waals surface area contributed by atoms with Gasteiger partial charge in [0.05, 0.1) is 5.69 Å². The zero-order chi connectivity index (χ0) is 17.3. The maximum Gasteiger partial charge on any atom is 0.220 e. The minimum Gasteiger partial charge on any atom is -0.369 e. The first-order valence-electron chi connectivity index (χ1n) is 8.10. The minimum absolute atomic E-state index is 0.0603. The van der Waals surface area contributed by atoms with E-state index >= 15 is 0 Å². The fraction of sp³-hybridized carbons (Fsp3) is 0.389. The maximum absolute atomic E-state index is 13.8. The topological polar surface area (TPSA) is 72.1 Å². The molecule has 0 saturated carbocycles. The molecule has 0 bridgehead atoms. The number of anilines is 1. The van der Waals surface area contributed by atoms with Crippen LogP contribution in [0.2, 0.25) is 0 Å². The Labute approximate surface area is 140 Å². The summed E-state index contributed by atoms with van der Waals surface area (Å²) in [6.07, 6.45) is 1.46. The molecule has 2 aromatic rings. The van der Waals surface area contributed by atoms with Gasteiger partial charge >= 0.3 is 0 Å². The van der Waals surface area contributed by atoms with Crippen LogP contribution in [0, 0.1) is 25.6 Å². The van der Waals surface area contributed by atoms with E-state index in [1.165, 1.54) is 6.07 Å². The number of carbonyl (C=O) groups excluding carboxylic acids is 1. The molecule has 1 aromatic carbocycles. The highest BCUT2D eigenvalue weighted by atomic mass is 19.1. The molecule has 1 aromatic heterocycles. The fourth-order valence-corrected chi connectivity index (χ4v) is 3.01. The zero-order valence-corrected chi connectivity index (χ0v) is 13.9. The summed E-state index contributed by atoms with van der Waals surface area (Å²) in [6, 6.07) is 6.99. The Balaban J connectivity index is 1.87. The second kappa shape index (κ2) is 6.55. The summed E-state index contributed by atoms with van der Waals surface area (Å²) in [5.41, 5.74) is 7.43. The van der Waals surface area contributed by atoms with Gasteiger partial charge in [-0.2, -0.15) is 0 Å². The lowest BCUT2D eigenvalue weighted by Gasteiger charge is -2.31. The van der Waals surface area contributed by atoms with Gasteiger partial charge in [0.15, 0.2) is 0 Å². The Morgan fingerprint density at radius 1 is 1.21 bits per heavy atom. The van der Waals surface area contributed by atoms with Gasteiger partial charge in [-0.1, -0.05) is 12.1 Å². The van der Waals surface area contributed by atoms with Gasteiger partial charge < -0.3 is 10.6 Å². The van der Waals surface area contributed by atoms with E-state index in [4.69, 9.17) is 5.73 Å². The van der Waals surface area contributed by atoms with Crippen LogP contribution in [-0.2, 0) is 4.79 Å². The van der Waals surface area contributed by atoms with Crippen molar-refractivity contribution in [3.8, 4) is 11.3 Å². The van der Waals surface area contributed by atoms with E-state index in [1.54, 1.807) is 13.0 Å². The number of nitrogens with zero attached hydrogens (tertiary/aromatic N) is 3. The van der Waals surface area contributed by atoms with Crippen LogP contribution in [-0.4, -0.2) is 29.0 Å². The summed E-state index contributed by atoms with van der Waals surface area (Å²) in [7, 11) is 0. The molecule has 1 fully saturated rings. The van der Waals surface area contributed by atoms with Crippen LogP contribution in [0.3, 0.4) is 0 Å². The van der Waals surface area contributed by atoms with Gasteiger partial charge in [-0.15, -0.1) is 0 Å². The van der Waals surface area contributed by atoms with E-state index in [9.17, 15) is 9.18 Å². The van der Waals surface area contributed by atoms with Crippen LogP contribution in [0.5, 0.6) is 0 Å². The standard InChI is InChI=1S/C18H21FN4O/c1-11-3-4-14(9-15(11)19)16-10-17(22-12(2)21-16)23-7-5-13(6-8-23)18(20)24/h3-4,9-10,13H,5-8H2,1-2H3,(H2,20,24). The van der Waals surface area contributed by atoms with Crippen LogP contribution in [0.15, 0.2) is 24.3 Å². The number of aromatic nitrogens is 2. The van der Waals surface area contributed by atoms with Crippen molar-refractivity contribution < 1.29 is 9.18 Å². The number of primary amides is 1. The number of carbonyl (C=O) groups is 1.